The fourth-order valence-electron chi connectivity index (χ4n) is 0.893. The molecule has 0 spiro atoms. The van der Waals surface area contributed by atoms with E-state index in [0.717, 1.165) is 7.11 Å². The number of nitrogens with one attached hydrogen (secondary N) is 1. The Labute approximate surface area is 76.0 Å². The second kappa shape index (κ2) is 3.20. The highest BCUT2D eigenvalue weighted by atomic mass is 19.4. The quantitative estimate of drug-likeness (QED) is 0.670. The third-order valence-electron chi connectivity index (χ3n) is 1.47. The van der Waals surface area contributed by atoms with Crippen molar-refractivity contribution >= 4 is 11.8 Å². The molecule has 0 aromatic carbocycles. The van der Waals surface area contributed by atoms with Crippen LogP contribution in [0.3, 0.4) is 0 Å². The molecule has 0 aliphatic carbocycles. The van der Waals surface area contributed by atoms with Gasteiger partial charge in [0.1, 0.15) is 5.56 Å². The van der Waals surface area contributed by atoms with Crippen LogP contribution >= 0.6 is 0 Å². The first-order valence-electron chi connectivity index (χ1n) is 3.37. The maximum atomic E-state index is 12.3. The standard InChI is InChI=1S/C6H6F3N3O2/c1-14-5(13)3-2(6(7,8)9)4(10)12-11-3/h1H3,(H3,10,11,12). The predicted octanol–water partition coefficient (Wildman–Crippen LogP) is 0.797. The lowest BCUT2D eigenvalue weighted by molar-refractivity contribution is -0.137. The van der Waals surface area contributed by atoms with Gasteiger partial charge in [-0.05, 0) is 0 Å². The third-order valence-corrected chi connectivity index (χ3v) is 1.47. The fourth-order valence-corrected chi connectivity index (χ4v) is 0.893. The van der Waals surface area contributed by atoms with E-state index in [-0.39, 0.29) is 0 Å². The van der Waals surface area contributed by atoms with Gasteiger partial charge >= 0.3 is 12.1 Å². The zero-order valence-electron chi connectivity index (χ0n) is 6.97. The third kappa shape index (κ3) is 1.63. The van der Waals surface area contributed by atoms with Gasteiger partial charge in [-0.2, -0.15) is 18.3 Å². The molecule has 0 atom stereocenters. The monoisotopic (exact) mass is 209 g/mol. The molecule has 0 saturated heterocycles. The Hall–Kier alpha value is -1.73. The van der Waals surface area contributed by atoms with Crippen molar-refractivity contribution in [2.45, 2.75) is 6.18 Å². The van der Waals surface area contributed by atoms with Crippen LogP contribution in [-0.4, -0.2) is 23.3 Å². The molecule has 0 aliphatic rings. The number of esters is 1. The van der Waals surface area contributed by atoms with E-state index in [1.165, 1.54) is 0 Å². The van der Waals surface area contributed by atoms with Crippen molar-refractivity contribution < 1.29 is 22.7 Å². The van der Waals surface area contributed by atoms with Crippen molar-refractivity contribution in [3.8, 4) is 0 Å². The number of hydrogen-bond donors (Lipinski definition) is 2. The van der Waals surface area contributed by atoms with E-state index in [1.54, 1.807) is 0 Å². The minimum Gasteiger partial charge on any atom is -0.464 e. The Bertz CT molecular complexity index is 358. The second-order valence-corrected chi connectivity index (χ2v) is 2.35. The molecule has 0 unspecified atom stereocenters. The van der Waals surface area contributed by atoms with E-state index in [4.69, 9.17) is 5.73 Å². The molecule has 0 radical (unpaired) electrons. The lowest BCUT2D eigenvalue weighted by Gasteiger charge is -2.06. The maximum absolute atomic E-state index is 12.3. The number of nitrogen functional groups attached to an aromatic ring is 1. The van der Waals surface area contributed by atoms with E-state index < -0.39 is 29.2 Å². The largest absolute Gasteiger partial charge is 0.464 e. The minimum absolute atomic E-state index is 0.780. The summed E-state index contributed by atoms with van der Waals surface area (Å²) >= 11 is 0. The molecule has 1 heterocycles. The molecule has 0 amide bonds. The number of nitrogens with two attached hydrogens (primary N) is 1. The Morgan fingerprint density at radius 3 is 2.57 bits per heavy atom. The van der Waals surface area contributed by atoms with Crippen LogP contribution in [0.4, 0.5) is 19.0 Å². The summed E-state index contributed by atoms with van der Waals surface area (Å²) in [5.74, 6) is -1.94. The molecular formula is C6H6F3N3O2. The number of nitrogens with zero attached hydrogens (tertiary/aromatic N) is 1. The van der Waals surface area contributed by atoms with E-state index in [1.807, 2.05) is 5.10 Å². The van der Waals surface area contributed by atoms with Gasteiger partial charge in [0.15, 0.2) is 11.5 Å². The van der Waals surface area contributed by atoms with Gasteiger partial charge < -0.3 is 10.5 Å². The average Bonchev–Trinajstić information content (AvgIpc) is 2.44. The van der Waals surface area contributed by atoms with Crippen LogP contribution < -0.4 is 5.73 Å². The van der Waals surface area contributed by atoms with Crippen LogP contribution in [0, 0.1) is 0 Å². The Balaban J connectivity index is 3.27. The van der Waals surface area contributed by atoms with Crippen molar-refractivity contribution in [3.63, 3.8) is 0 Å². The SMILES string of the molecule is COC(=O)c1[nH]nc(N)c1C(F)(F)F. The number of H-pyrrole nitrogens is 1. The van der Waals surface area contributed by atoms with E-state index >= 15 is 0 Å². The van der Waals surface area contributed by atoms with Gasteiger partial charge in [0.05, 0.1) is 7.11 Å². The number of halogens is 3. The number of carbonyl (C=O) groups excluding carboxylic acids is 1. The van der Waals surface area contributed by atoms with E-state index in [9.17, 15) is 18.0 Å². The van der Waals surface area contributed by atoms with Crippen molar-refractivity contribution in [2.75, 3.05) is 12.8 Å². The zero-order valence-corrected chi connectivity index (χ0v) is 6.97. The molecule has 78 valence electrons. The molecule has 1 aromatic rings. The maximum Gasteiger partial charge on any atom is 0.422 e. The first kappa shape index (κ1) is 10.4. The molecule has 1 rings (SSSR count). The molecule has 0 aliphatic heterocycles. The van der Waals surface area contributed by atoms with Crippen molar-refractivity contribution in [1.29, 1.82) is 0 Å². The van der Waals surface area contributed by atoms with Gasteiger partial charge in [0.2, 0.25) is 0 Å². The van der Waals surface area contributed by atoms with E-state index in [0.29, 0.717) is 0 Å². The molecule has 0 bridgehead atoms. The number of anilines is 1. The highest BCUT2D eigenvalue weighted by molar-refractivity contribution is 5.90. The number of hydrogen-bond acceptors (Lipinski definition) is 4. The number of aromatic nitrogens is 2. The van der Waals surface area contributed by atoms with Crippen LogP contribution in [-0.2, 0) is 10.9 Å². The van der Waals surface area contributed by atoms with Crippen molar-refractivity contribution in [1.82, 2.24) is 10.2 Å². The molecule has 5 nitrogen and oxygen atoms in total. The van der Waals surface area contributed by atoms with Gasteiger partial charge in [-0.3, -0.25) is 5.10 Å². The van der Waals surface area contributed by atoms with Crippen LogP contribution in [0.15, 0.2) is 0 Å². The Morgan fingerprint density at radius 2 is 2.14 bits per heavy atom. The lowest BCUT2D eigenvalue weighted by Crippen LogP contribution is -2.14. The molecule has 0 fully saturated rings. The summed E-state index contributed by atoms with van der Waals surface area (Å²) in [6.45, 7) is 0. The van der Waals surface area contributed by atoms with Gasteiger partial charge in [0, 0.05) is 0 Å². The predicted molar refractivity (Wildman–Crippen MR) is 39.3 cm³/mol. The number of rotatable bonds is 1. The van der Waals surface area contributed by atoms with Crippen LogP contribution in [0.1, 0.15) is 16.1 Å². The first-order valence-corrected chi connectivity index (χ1v) is 3.37. The molecule has 0 saturated carbocycles. The lowest BCUT2D eigenvalue weighted by atomic mass is 10.2. The topological polar surface area (TPSA) is 81.0 Å². The summed E-state index contributed by atoms with van der Waals surface area (Å²) in [6.07, 6.45) is -4.74. The Kier molecular flexibility index (Phi) is 2.37. The number of ether oxygens (including phenoxy) is 1. The summed E-state index contributed by atoms with van der Waals surface area (Å²) in [4.78, 5) is 10.8. The van der Waals surface area contributed by atoms with Crippen LogP contribution in [0.5, 0.6) is 0 Å². The van der Waals surface area contributed by atoms with Gasteiger partial charge in [-0.1, -0.05) is 0 Å². The highest BCUT2D eigenvalue weighted by Crippen LogP contribution is 2.34. The summed E-state index contributed by atoms with van der Waals surface area (Å²) in [7, 11) is 0.958. The van der Waals surface area contributed by atoms with Gasteiger partial charge in [-0.25, -0.2) is 4.79 Å². The second-order valence-electron chi connectivity index (χ2n) is 2.35. The Morgan fingerprint density at radius 1 is 1.57 bits per heavy atom. The number of alkyl halides is 3. The molecule has 1 aromatic heterocycles. The highest BCUT2D eigenvalue weighted by Gasteiger charge is 2.40. The van der Waals surface area contributed by atoms with Gasteiger partial charge in [-0.15, -0.1) is 0 Å². The molecule has 8 heteroatoms. The first-order chi connectivity index (χ1) is 6.38. The van der Waals surface area contributed by atoms with E-state index in [2.05, 4.69) is 9.84 Å². The number of aromatic amines is 1. The number of carbonyl (C=O) groups is 1. The van der Waals surface area contributed by atoms with Crippen molar-refractivity contribution in [2.24, 2.45) is 0 Å². The molecule has 14 heavy (non-hydrogen) atoms. The zero-order chi connectivity index (χ0) is 10.9. The van der Waals surface area contributed by atoms with Gasteiger partial charge in [0.25, 0.3) is 0 Å². The minimum atomic E-state index is -4.74. The van der Waals surface area contributed by atoms with Crippen LogP contribution in [0.25, 0.3) is 0 Å². The summed E-state index contributed by atoms with van der Waals surface area (Å²) < 4.78 is 41.0. The number of methoxy groups -OCH3 is 1. The van der Waals surface area contributed by atoms with Crippen LogP contribution in [0.2, 0.25) is 0 Å². The summed E-state index contributed by atoms with van der Waals surface area (Å²) in [5.41, 5.74) is 2.85. The molecular weight excluding hydrogens is 203 g/mol. The summed E-state index contributed by atoms with van der Waals surface area (Å²) in [6, 6.07) is 0. The van der Waals surface area contributed by atoms with Crippen molar-refractivity contribution in [3.05, 3.63) is 11.3 Å². The summed E-state index contributed by atoms with van der Waals surface area (Å²) in [5, 5.41) is 4.95. The fraction of sp³-hybridized carbons (Fsp3) is 0.333. The molecule has 3 N–H and O–H groups in total. The smallest absolute Gasteiger partial charge is 0.422 e. The average molecular weight is 209 g/mol. The normalized spacial score (nSPS) is 11.4.